The van der Waals surface area contributed by atoms with Crippen LogP contribution in [0.1, 0.15) is 50.1 Å². The molecular weight excluding hydrogens is 324 g/mol. The van der Waals surface area contributed by atoms with E-state index in [2.05, 4.69) is 40.8 Å². The number of hydrogen-bond acceptors (Lipinski definition) is 3. The maximum Gasteiger partial charge on any atom is 0.227 e. The van der Waals surface area contributed by atoms with E-state index in [9.17, 15) is 4.79 Å². The number of aromatic nitrogens is 2. The molecule has 1 aromatic rings. The van der Waals surface area contributed by atoms with Crippen LogP contribution in [0.2, 0.25) is 0 Å². The van der Waals surface area contributed by atoms with Gasteiger partial charge in [0.15, 0.2) is 0 Å². The molecule has 6 heteroatoms. The summed E-state index contributed by atoms with van der Waals surface area (Å²) in [6.45, 7) is 11.4. The van der Waals surface area contributed by atoms with Gasteiger partial charge in [0.25, 0.3) is 0 Å². The summed E-state index contributed by atoms with van der Waals surface area (Å²) in [5, 5.41) is 8.12. The topological polar surface area (TPSA) is 50.2 Å². The molecule has 5 nitrogen and oxygen atoms in total. The second-order valence-corrected chi connectivity index (χ2v) is 7.58. The van der Waals surface area contributed by atoms with Crippen molar-refractivity contribution in [1.29, 1.82) is 0 Å². The first kappa shape index (κ1) is 19.3. The maximum atomic E-state index is 13.0. The van der Waals surface area contributed by atoms with Crippen molar-refractivity contribution in [3.05, 3.63) is 17.0 Å². The highest BCUT2D eigenvalue weighted by Crippen LogP contribution is 2.29. The summed E-state index contributed by atoms with van der Waals surface area (Å²) in [6.07, 6.45) is 3.91. The number of carbonyl (C=O) groups excluding carboxylic acids is 1. The maximum absolute atomic E-state index is 13.0. The Morgan fingerprint density at radius 1 is 1.25 bits per heavy atom. The molecule has 2 fully saturated rings. The molecule has 2 aliphatic heterocycles. The molecule has 2 bridgehead atoms. The van der Waals surface area contributed by atoms with Crippen LogP contribution in [0, 0.1) is 19.8 Å². The fourth-order valence-corrected chi connectivity index (χ4v) is 4.15. The standard InChI is InChI=1S/C18H30N4O.ClH/c1-12(2)11-21-14(4)17(13(3)20-21)9-18(23)22-15-5-6-16(22)10-19-8-7-15;/h12,15-16,19H,5-11H2,1-4H3;1H. The van der Waals surface area contributed by atoms with Crippen molar-refractivity contribution in [2.45, 2.75) is 72.0 Å². The zero-order valence-electron chi connectivity index (χ0n) is 15.3. The molecule has 1 aromatic heterocycles. The third-order valence-corrected chi connectivity index (χ3v) is 5.34. The summed E-state index contributed by atoms with van der Waals surface area (Å²) >= 11 is 0. The smallest absolute Gasteiger partial charge is 0.227 e. The summed E-state index contributed by atoms with van der Waals surface area (Å²) in [6, 6.07) is 0.829. The number of nitrogens with zero attached hydrogens (tertiary/aromatic N) is 3. The van der Waals surface area contributed by atoms with Crippen LogP contribution in [-0.2, 0) is 17.8 Å². The molecule has 0 saturated carbocycles. The average molecular weight is 355 g/mol. The lowest BCUT2D eigenvalue weighted by molar-refractivity contribution is -0.133. The highest BCUT2D eigenvalue weighted by molar-refractivity contribution is 5.85. The van der Waals surface area contributed by atoms with Gasteiger partial charge in [0.2, 0.25) is 5.91 Å². The number of hydrogen-bond donors (Lipinski definition) is 1. The van der Waals surface area contributed by atoms with E-state index in [0.29, 0.717) is 24.4 Å². The van der Waals surface area contributed by atoms with Gasteiger partial charge in [0, 0.05) is 36.4 Å². The van der Waals surface area contributed by atoms with Crippen molar-refractivity contribution in [2.75, 3.05) is 13.1 Å². The third kappa shape index (κ3) is 3.77. The second kappa shape index (κ2) is 7.87. The highest BCUT2D eigenvalue weighted by atomic mass is 35.5. The number of nitrogens with one attached hydrogen (secondary N) is 1. The molecule has 136 valence electrons. The van der Waals surface area contributed by atoms with Crippen molar-refractivity contribution >= 4 is 18.3 Å². The minimum Gasteiger partial charge on any atom is -0.335 e. The molecule has 3 heterocycles. The van der Waals surface area contributed by atoms with Crippen LogP contribution < -0.4 is 5.32 Å². The summed E-state index contributed by atoms with van der Waals surface area (Å²) < 4.78 is 2.07. The molecule has 0 radical (unpaired) electrons. The van der Waals surface area contributed by atoms with Gasteiger partial charge in [-0.15, -0.1) is 12.4 Å². The van der Waals surface area contributed by atoms with E-state index in [0.717, 1.165) is 49.4 Å². The van der Waals surface area contributed by atoms with Gasteiger partial charge in [-0.1, -0.05) is 13.8 Å². The Morgan fingerprint density at radius 3 is 2.67 bits per heavy atom. The Labute approximate surface area is 151 Å². The van der Waals surface area contributed by atoms with Gasteiger partial charge in [0.05, 0.1) is 12.1 Å². The van der Waals surface area contributed by atoms with Crippen LogP contribution in [0.25, 0.3) is 0 Å². The van der Waals surface area contributed by atoms with E-state index >= 15 is 0 Å². The Kier molecular flexibility index (Phi) is 6.32. The van der Waals surface area contributed by atoms with Gasteiger partial charge >= 0.3 is 0 Å². The Morgan fingerprint density at radius 2 is 1.96 bits per heavy atom. The molecule has 3 rings (SSSR count). The lowest BCUT2D eigenvalue weighted by Gasteiger charge is -2.28. The minimum atomic E-state index is 0. The van der Waals surface area contributed by atoms with Gasteiger partial charge in [-0.25, -0.2) is 0 Å². The van der Waals surface area contributed by atoms with E-state index in [1.807, 2.05) is 6.92 Å². The van der Waals surface area contributed by atoms with Crippen LogP contribution in [0.4, 0.5) is 0 Å². The lowest BCUT2D eigenvalue weighted by Crippen LogP contribution is -2.43. The van der Waals surface area contributed by atoms with Crippen LogP contribution in [0.3, 0.4) is 0 Å². The molecule has 0 aliphatic carbocycles. The summed E-state index contributed by atoms with van der Waals surface area (Å²) in [5.41, 5.74) is 3.30. The van der Waals surface area contributed by atoms with Gasteiger partial charge in [0.1, 0.15) is 0 Å². The Hall–Kier alpha value is -1.07. The number of carbonyl (C=O) groups is 1. The Balaban J connectivity index is 0.00000208. The largest absolute Gasteiger partial charge is 0.335 e. The van der Waals surface area contributed by atoms with Crippen LogP contribution >= 0.6 is 12.4 Å². The quantitative estimate of drug-likeness (QED) is 0.903. The SMILES string of the molecule is Cc1nn(CC(C)C)c(C)c1CC(=O)N1C2CCNCC1CC2.Cl. The Bertz CT molecular complexity index is 570. The van der Waals surface area contributed by atoms with E-state index in [1.165, 1.54) is 6.42 Å². The molecular formula is C18H31ClN4O. The van der Waals surface area contributed by atoms with Crippen molar-refractivity contribution in [3.8, 4) is 0 Å². The summed E-state index contributed by atoms with van der Waals surface area (Å²) in [4.78, 5) is 15.2. The first-order valence-corrected chi connectivity index (χ1v) is 9.02. The van der Waals surface area contributed by atoms with E-state index in [1.54, 1.807) is 0 Å². The van der Waals surface area contributed by atoms with Gasteiger partial charge in [-0.2, -0.15) is 5.10 Å². The highest BCUT2D eigenvalue weighted by Gasteiger charge is 2.38. The van der Waals surface area contributed by atoms with Crippen molar-refractivity contribution in [2.24, 2.45) is 5.92 Å². The van der Waals surface area contributed by atoms with Crippen LogP contribution in [0.15, 0.2) is 0 Å². The fraction of sp³-hybridized carbons (Fsp3) is 0.778. The molecule has 0 spiro atoms. The van der Waals surface area contributed by atoms with E-state index in [4.69, 9.17) is 0 Å². The zero-order valence-corrected chi connectivity index (χ0v) is 16.2. The van der Waals surface area contributed by atoms with Crippen molar-refractivity contribution in [1.82, 2.24) is 20.0 Å². The number of halogens is 1. The van der Waals surface area contributed by atoms with Crippen LogP contribution in [0.5, 0.6) is 0 Å². The summed E-state index contributed by atoms with van der Waals surface area (Å²) in [5.74, 6) is 0.848. The average Bonchev–Trinajstić information content (AvgIpc) is 2.88. The number of amides is 1. The lowest BCUT2D eigenvalue weighted by atomic mass is 10.1. The van der Waals surface area contributed by atoms with Crippen molar-refractivity contribution < 1.29 is 4.79 Å². The van der Waals surface area contributed by atoms with E-state index in [-0.39, 0.29) is 18.3 Å². The molecule has 24 heavy (non-hydrogen) atoms. The molecule has 2 aliphatic rings. The first-order valence-electron chi connectivity index (χ1n) is 9.02. The molecule has 2 saturated heterocycles. The number of aryl methyl sites for hydroxylation is 1. The third-order valence-electron chi connectivity index (χ3n) is 5.34. The van der Waals surface area contributed by atoms with Gasteiger partial charge in [-0.3, -0.25) is 9.48 Å². The summed E-state index contributed by atoms with van der Waals surface area (Å²) in [7, 11) is 0. The first-order chi connectivity index (χ1) is 11.0. The van der Waals surface area contributed by atoms with Crippen LogP contribution in [-0.4, -0.2) is 45.8 Å². The van der Waals surface area contributed by atoms with Gasteiger partial charge < -0.3 is 10.2 Å². The van der Waals surface area contributed by atoms with E-state index < -0.39 is 0 Å². The molecule has 1 amide bonds. The number of rotatable bonds is 4. The molecule has 0 aromatic carbocycles. The predicted molar refractivity (Wildman–Crippen MR) is 98.6 cm³/mol. The number of fused-ring (bicyclic) bond motifs is 2. The zero-order chi connectivity index (χ0) is 16.6. The van der Waals surface area contributed by atoms with Gasteiger partial charge in [-0.05, 0) is 45.6 Å². The second-order valence-electron chi connectivity index (χ2n) is 7.58. The normalized spacial score (nSPS) is 23.3. The molecule has 2 atom stereocenters. The fourth-order valence-electron chi connectivity index (χ4n) is 4.15. The predicted octanol–water partition coefficient (Wildman–Crippen LogP) is 2.47. The monoisotopic (exact) mass is 354 g/mol. The minimum absolute atomic E-state index is 0. The van der Waals surface area contributed by atoms with Crippen molar-refractivity contribution in [3.63, 3.8) is 0 Å². The molecule has 2 unspecified atom stereocenters. The molecule has 1 N–H and O–H groups in total.